The Morgan fingerprint density at radius 3 is 2.45 bits per heavy atom. The van der Waals surface area contributed by atoms with Crippen LogP contribution in [0.1, 0.15) is 47.1 Å². The van der Waals surface area contributed by atoms with Gasteiger partial charge in [-0.15, -0.1) is 0 Å². The lowest BCUT2D eigenvalue weighted by atomic mass is 10.1. The quantitative estimate of drug-likeness (QED) is 0.868. The van der Waals surface area contributed by atoms with Gasteiger partial charge in [-0.3, -0.25) is 14.5 Å². The molecule has 6 heteroatoms. The van der Waals surface area contributed by atoms with Gasteiger partial charge in [0.1, 0.15) is 5.60 Å². The van der Waals surface area contributed by atoms with E-state index in [1.165, 1.54) is 0 Å². The minimum absolute atomic E-state index is 0.116. The Balaban J connectivity index is 1.94. The third kappa shape index (κ3) is 3.44. The second-order valence-electron chi connectivity index (χ2n) is 6.24. The first-order chi connectivity index (χ1) is 10.2. The number of alkyl carbamates (subject to hydrolysis) is 1. The molecular formula is C16H20N2O4. The number of aryl methyl sites for hydroxylation is 1. The second-order valence-corrected chi connectivity index (χ2v) is 6.24. The van der Waals surface area contributed by atoms with Crippen LogP contribution in [0.4, 0.5) is 4.79 Å². The molecule has 0 aromatic heterocycles. The summed E-state index contributed by atoms with van der Waals surface area (Å²) in [7, 11) is 0. The molecule has 0 bridgehead atoms. The fraction of sp³-hybridized carbons (Fsp3) is 0.438. The molecule has 6 nitrogen and oxygen atoms in total. The third-order valence-corrected chi connectivity index (χ3v) is 3.13. The Hall–Kier alpha value is -2.37. The highest BCUT2D eigenvalue weighted by Crippen LogP contribution is 2.23. The van der Waals surface area contributed by atoms with E-state index in [0.29, 0.717) is 11.1 Å². The number of fused-ring (bicyclic) bond motifs is 1. The fourth-order valence-corrected chi connectivity index (χ4v) is 2.19. The average molecular weight is 304 g/mol. The van der Waals surface area contributed by atoms with Crippen LogP contribution in [0, 0.1) is 6.92 Å². The van der Waals surface area contributed by atoms with Crippen molar-refractivity contribution in [2.45, 2.75) is 33.3 Å². The number of hydrogen-bond donors (Lipinski definition) is 1. The molecule has 1 aliphatic rings. The van der Waals surface area contributed by atoms with Crippen molar-refractivity contribution in [3.05, 3.63) is 34.9 Å². The van der Waals surface area contributed by atoms with Crippen molar-refractivity contribution < 1.29 is 19.1 Å². The zero-order valence-corrected chi connectivity index (χ0v) is 13.2. The number of carbonyl (C=O) groups is 3. The highest BCUT2D eigenvalue weighted by Gasteiger charge is 2.35. The van der Waals surface area contributed by atoms with Crippen molar-refractivity contribution in [2.75, 3.05) is 13.1 Å². The first kappa shape index (κ1) is 16.0. The molecule has 1 aromatic rings. The predicted octanol–water partition coefficient (Wildman–Crippen LogP) is 2.12. The van der Waals surface area contributed by atoms with E-state index in [2.05, 4.69) is 5.32 Å². The topological polar surface area (TPSA) is 75.7 Å². The largest absolute Gasteiger partial charge is 0.444 e. The summed E-state index contributed by atoms with van der Waals surface area (Å²) >= 11 is 0. The number of nitrogens with one attached hydrogen (secondary N) is 1. The molecule has 0 spiro atoms. The molecule has 3 amide bonds. The average Bonchev–Trinajstić information content (AvgIpc) is 2.61. The first-order valence-corrected chi connectivity index (χ1v) is 7.13. The van der Waals surface area contributed by atoms with E-state index in [1.807, 2.05) is 6.92 Å². The molecule has 0 aliphatic carbocycles. The molecule has 118 valence electrons. The van der Waals surface area contributed by atoms with Crippen LogP contribution in [-0.4, -0.2) is 41.5 Å². The number of imide groups is 1. The van der Waals surface area contributed by atoms with Crippen LogP contribution >= 0.6 is 0 Å². The van der Waals surface area contributed by atoms with Crippen LogP contribution in [0.5, 0.6) is 0 Å². The molecule has 1 heterocycles. The highest BCUT2D eigenvalue weighted by atomic mass is 16.6. The Morgan fingerprint density at radius 1 is 1.18 bits per heavy atom. The summed E-state index contributed by atoms with van der Waals surface area (Å²) in [6.07, 6.45) is -0.569. The van der Waals surface area contributed by atoms with Crippen molar-refractivity contribution in [1.29, 1.82) is 0 Å². The zero-order valence-electron chi connectivity index (χ0n) is 13.2. The van der Waals surface area contributed by atoms with Gasteiger partial charge in [-0.25, -0.2) is 4.79 Å². The lowest BCUT2D eigenvalue weighted by Gasteiger charge is -2.20. The fourth-order valence-electron chi connectivity index (χ4n) is 2.19. The number of benzene rings is 1. The molecule has 1 N–H and O–H groups in total. The summed E-state index contributed by atoms with van der Waals surface area (Å²) in [5, 5.41) is 2.54. The number of ether oxygens (including phenoxy) is 1. The normalized spacial score (nSPS) is 14.1. The lowest BCUT2D eigenvalue weighted by Crippen LogP contribution is -2.40. The van der Waals surface area contributed by atoms with Gasteiger partial charge in [0, 0.05) is 13.1 Å². The molecule has 22 heavy (non-hydrogen) atoms. The SMILES string of the molecule is Cc1ccc2c(c1)C(=O)N(CCNC(=O)OC(C)(C)C)C2=O. The molecule has 0 radical (unpaired) electrons. The molecule has 0 atom stereocenters. The molecule has 0 unspecified atom stereocenters. The Morgan fingerprint density at radius 2 is 1.82 bits per heavy atom. The van der Waals surface area contributed by atoms with Gasteiger partial charge in [0.25, 0.3) is 11.8 Å². The van der Waals surface area contributed by atoms with Crippen LogP contribution in [0.2, 0.25) is 0 Å². The number of carbonyl (C=O) groups excluding carboxylic acids is 3. The lowest BCUT2D eigenvalue weighted by molar-refractivity contribution is 0.0504. The van der Waals surface area contributed by atoms with E-state index in [9.17, 15) is 14.4 Å². The summed E-state index contributed by atoms with van der Waals surface area (Å²) in [5.41, 5.74) is 1.17. The minimum Gasteiger partial charge on any atom is -0.444 e. The molecule has 0 saturated carbocycles. The van der Waals surface area contributed by atoms with Crippen molar-refractivity contribution in [2.24, 2.45) is 0 Å². The maximum atomic E-state index is 12.2. The van der Waals surface area contributed by atoms with Gasteiger partial charge in [-0.2, -0.15) is 0 Å². The zero-order chi connectivity index (χ0) is 16.5. The van der Waals surface area contributed by atoms with Crippen LogP contribution in [-0.2, 0) is 4.74 Å². The monoisotopic (exact) mass is 304 g/mol. The Kier molecular flexibility index (Phi) is 4.21. The number of amides is 3. The summed E-state index contributed by atoms with van der Waals surface area (Å²) in [5.74, 6) is -0.652. The van der Waals surface area contributed by atoms with Gasteiger partial charge in [0.15, 0.2) is 0 Å². The van der Waals surface area contributed by atoms with Crippen LogP contribution in [0.15, 0.2) is 18.2 Å². The molecule has 0 saturated heterocycles. The van der Waals surface area contributed by atoms with Crippen LogP contribution in [0.25, 0.3) is 0 Å². The summed E-state index contributed by atoms with van der Waals surface area (Å²) in [4.78, 5) is 37.1. The van der Waals surface area contributed by atoms with Crippen molar-refractivity contribution in [3.63, 3.8) is 0 Å². The van der Waals surface area contributed by atoms with Crippen molar-refractivity contribution in [3.8, 4) is 0 Å². The minimum atomic E-state index is -0.586. The van der Waals surface area contributed by atoms with E-state index in [-0.39, 0.29) is 24.9 Å². The Labute approximate surface area is 129 Å². The smallest absolute Gasteiger partial charge is 0.407 e. The van der Waals surface area contributed by atoms with E-state index in [1.54, 1.807) is 39.0 Å². The van der Waals surface area contributed by atoms with Gasteiger partial charge < -0.3 is 10.1 Å². The summed E-state index contributed by atoms with van der Waals surface area (Å²) in [6.45, 7) is 7.42. The van der Waals surface area contributed by atoms with Gasteiger partial charge in [-0.1, -0.05) is 11.6 Å². The molecule has 0 fully saturated rings. The maximum absolute atomic E-state index is 12.2. The van der Waals surface area contributed by atoms with E-state index >= 15 is 0 Å². The van der Waals surface area contributed by atoms with Gasteiger partial charge in [-0.05, 0) is 39.8 Å². The van der Waals surface area contributed by atoms with Gasteiger partial charge >= 0.3 is 6.09 Å². The van der Waals surface area contributed by atoms with Crippen LogP contribution < -0.4 is 5.32 Å². The number of rotatable bonds is 3. The maximum Gasteiger partial charge on any atom is 0.407 e. The van der Waals surface area contributed by atoms with Crippen molar-refractivity contribution >= 4 is 17.9 Å². The molecule has 1 aliphatic heterocycles. The predicted molar refractivity (Wildman–Crippen MR) is 80.8 cm³/mol. The van der Waals surface area contributed by atoms with E-state index in [0.717, 1.165) is 10.5 Å². The molecule has 1 aromatic carbocycles. The standard InChI is InChI=1S/C16H20N2O4/c1-10-5-6-11-12(9-10)14(20)18(13(11)19)8-7-17-15(21)22-16(2,3)4/h5-6,9H,7-8H2,1-4H3,(H,17,21). The van der Waals surface area contributed by atoms with E-state index in [4.69, 9.17) is 4.74 Å². The summed E-state index contributed by atoms with van der Waals surface area (Å²) in [6, 6.07) is 5.16. The molecular weight excluding hydrogens is 284 g/mol. The Bertz CT molecular complexity index is 632. The van der Waals surface area contributed by atoms with Crippen molar-refractivity contribution in [1.82, 2.24) is 10.2 Å². The van der Waals surface area contributed by atoms with E-state index < -0.39 is 11.7 Å². The second kappa shape index (κ2) is 5.79. The number of hydrogen-bond acceptors (Lipinski definition) is 4. The first-order valence-electron chi connectivity index (χ1n) is 7.13. The van der Waals surface area contributed by atoms with Gasteiger partial charge in [0.05, 0.1) is 11.1 Å². The van der Waals surface area contributed by atoms with Crippen LogP contribution in [0.3, 0.4) is 0 Å². The number of nitrogens with zero attached hydrogens (tertiary/aromatic N) is 1. The third-order valence-electron chi connectivity index (χ3n) is 3.13. The highest BCUT2D eigenvalue weighted by molar-refractivity contribution is 6.21. The molecule has 2 rings (SSSR count). The van der Waals surface area contributed by atoms with Gasteiger partial charge in [0.2, 0.25) is 0 Å². The summed E-state index contributed by atoms with van der Waals surface area (Å²) < 4.78 is 5.10.